The van der Waals surface area contributed by atoms with Gasteiger partial charge in [0.15, 0.2) is 11.6 Å². The number of halogens is 1. The number of esters is 1. The first-order valence-corrected chi connectivity index (χ1v) is 7.50. The second kappa shape index (κ2) is 5.97. The van der Waals surface area contributed by atoms with E-state index in [1.54, 1.807) is 42.5 Å². The van der Waals surface area contributed by atoms with E-state index < -0.39 is 11.3 Å². The zero-order valence-corrected chi connectivity index (χ0v) is 13.1. The van der Waals surface area contributed by atoms with E-state index in [9.17, 15) is 14.4 Å². The average molecular weight is 329 g/mol. The van der Waals surface area contributed by atoms with Gasteiger partial charge in [0.25, 0.3) is 0 Å². The topological polar surface area (TPSA) is 60.4 Å². The average Bonchev–Trinajstić information content (AvgIpc) is 2.58. The number of rotatable bonds is 3. The highest BCUT2D eigenvalue weighted by Gasteiger charge is 2.32. The zero-order valence-electron chi connectivity index (χ0n) is 12.3. The van der Waals surface area contributed by atoms with Crippen molar-refractivity contribution in [1.29, 1.82) is 0 Å². The van der Waals surface area contributed by atoms with Crippen LogP contribution in [0.5, 0.6) is 0 Å². The highest BCUT2D eigenvalue weighted by molar-refractivity contribution is 6.31. The van der Waals surface area contributed by atoms with E-state index in [1.165, 1.54) is 7.11 Å². The molecule has 1 aliphatic rings. The van der Waals surface area contributed by atoms with Crippen LogP contribution in [0.4, 0.5) is 0 Å². The summed E-state index contributed by atoms with van der Waals surface area (Å²) in [5.41, 5.74) is 2.02. The summed E-state index contributed by atoms with van der Waals surface area (Å²) in [5, 5.41) is -0.911. The predicted molar refractivity (Wildman–Crippen MR) is 85.1 cm³/mol. The van der Waals surface area contributed by atoms with Gasteiger partial charge in [-0.25, -0.2) is 0 Å². The summed E-state index contributed by atoms with van der Waals surface area (Å²) in [7, 11) is 1.25. The predicted octanol–water partition coefficient (Wildman–Crippen LogP) is 2.78. The second-order valence-electron chi connectivity index (χ2n) is 5.24. The lowest BCUT2D eigenvalue weighted by atomic mass is 9.81. The molecule has 2 aromatic carbocycles. The van der Waals surface area contributed by atoms with Gasteiger partial charge in [0.05, 0.1) is 7.11 Å². The maximum absolute atomic E-state index is 12.8. The first-order valence-electron chi connectivity index (χ1n) is 7.06. The Morgan fingerprint density at radius 3 is 2.26 bits per heavy atom. The summed E-state index contributed by atoms with van der Waals surface area (Å²) in [6, 6.07) is 11.7. The third-order valence-electron chi connectivity index (χ3n) is 3.89. The number of ketones is 2. The van der Waals surface area contributed by atoms with Crippen molar-refractivity contribution in [2.24, 2.45) is 0 Å². The molecule has 0 amide bonds. The van der Waals surface area contributed by atoms with Crippen LogP contribution in [0.1, 0.15) is 37.4 Å². The lowest BCUT2D eigenvalue weighted by Gasteiger charge is -2.20. The molecule has 0 bridgehead atoms. The number of fused-ring (bicyclic) bond motifs is 2. The minimum Gasteiger partial charge on any atom is -0.468 e. The number of hydrogen-bond acceptors (Lipinski definition) is 4. The number of hydrogen-bond donors (Lipinski definition) is 0. The van der Waals surface area contributed by atoms with Gasteiger partial charge in [-0.2, -0.15) is 0 Å². The molecule has 5 heteroatoms. The summed E-state index contributed by atoms with van der Waals surface area (Å²) in [5.74, 6) is -0.986. The molecule has 0 saturated carbocycles. The van der Waals surface area contributed by atoms with E-state index in [2.05, 4.69) is 4.74 Å². The van der Waals surface area contributed by atoms with E-state index >= 15 is 0 Å². The largest absolute Gasteiger partial charge is 0.468 e. The molecule has 0 fully saturated rings. The first kappa shape index (κ1) is 15.4. The Labute approximate surface area is 138 Å². The first-order chi connectivity index (χ1) is 11.0. The molecule has 0 aromatic heterocycles. The van der Waals surface area contributed by atoms with Gasteiger partial charge < -0.3 is 4.74 Å². The van der Waals surface area contributed by atoms with Crippen LogP contribution >= 0.6 is 11.6 Å². The molecular weight excluding hydrogens is 316 g/mol. The molecule has 3 rings (SSSR count). The summed E-state index contributed by atoms with van der Waals surface area (Å²) in [4.78, 5) is 36.9. The van der Waals surface area contributed by atoms with Crippen molar-refractivity contribution in [3.05, 3.63) is 70.3 Å². The fourth-order valence-corrected chi connectivity index (χ4v) is 3.05. The zero-order chi connectivity index (χ0) is 16.6. The molecule has 0 heterocycles. The van der Waals surface area contributed by atoms with Gasteiger partial charge >= 0.3 is 5.97 Å². The van der Waals surface area contributed by atoms with Crippen molar-refractivity contribution >= 4 is 29.1 Å². The molecule has 0 saturated heterocycles. The van der Waals surface area contributed by atoms with Crippen molar-refractivity contribution in [1.82, 2.24) is 0 Å². The van der Waals surface area contributed by atoms with E-state index in [1.807, 2.05) is 0 Å². The number of carbonyl (C=O) groups excluding carboxylic acids is 3. The Morgan fingerprint density at radius 1 is 1.00 bits per heavy atom. The maximum atomic E-state index is 12.8. The SMILES string of the molecule is COC(=O)C(Cl)Cc1cccc2c1C(=O)c1ccccc1C2=O. The van der Waals surface area contributed by atoms with E-state index in [4.69, 9.17) is 11.6 Å². The molecule has 1 atom stereocenters. The summed E-state index contributed by atoms with van der Waals surface area (Å²) in [6.07, 6.45) is 0.124. The van der Waals surface area contributed by atoms with Crippen LogP contribution in [0.3, 0.4) is 0 Å². The van der Waals surface area contributed by atoms with Crippen LogP contribution in [-0.4, -0.2) is 30.0 Å². The Morgan fingerprint density at radius 2 is 1.61 bits per heavy atom. The molecule has 0 aliphatic heterocycles. The van der Waals surface area contributed by atoms with Gasteiger partial charge in [-0.15, -0.1) is 11.6 Å². The quantitative estimate of drug-likeness (QED) is 0.548. The fourth-order valence-electron chi connectivity index (χ4n) is 2.79. The maximum Gasteiger partial charge on any atom is 0.324 e. The van der Waals surface area contributed by atoms with Crippen LogP contribution in [0.15, 0.2) is 42.5 Å². The summed E-state index contributed by atoms with van der Waals surface area (Å²) >= 11 is 6.02. The van der Waals surface area contributed by atoms with Gasteiger partial charge in [-0.1, -0.05) is 42.5 Å². The Kier molecular flexibility index (Phi) is 4.01. The van der Waals surface area contributed by atoms with Crippen LogP contribution in [0.2, 0.25) is 0 Å². The molecule has 0 radical (unpaired) electrons. The molecule has 1 aliphatic carbocycles. The van der Waals surface area contributed by atoms with Gasteiger partial charge in [-0.3, -0.25) is 14.4 Å². The molecule has 116 valence electrons. The van der Waals surface area contributed by atoms with E-state index in [0.29, 0.717) is 27.8 Å². The number of alkyl halides is 1. The summed E-state index contributed by atoms with van der Waals surface area (Å²) < 4.78 is 4.61. The van der Waals surface area contributed by atoms with Crippen LogP contribution in [0, 0.1) is 0 Å². The minimum atomic E-state index is -0.911. The Hall–Kier alpha value is -2.46. The second-order valence-corrected chi connectivity index (χ2v) is 5.77. The van der Waals surface area contributed by atoms with Crippen molar-refractivity contribution in [3.8, 4) is 0 Å². The number of ether oxygens (including phenoxy) is 1. The molecule has 0 spiro atoms. The molecule has 23 heavy (non-hydrogen) atoms. The van der Waals surface area contributed by atoms with Crippen LogP contribution < -0.4 is 0 Å². The standard InChI is InChI=1S/C18H13ClO4/c1-23-18(22)14(19)9-10-5-4-8-13-15(10)17(21)12-7-3-2-6-11(12)16(13)20/h2-8,14H,9H2,1H3. The highest BCUT2D eigenvalue weighted by atomic mass is 35.5. The molecular formula is C18H13ClO4. The molecule has 2 aromatic rings. The Bertz CT molecular complexity index is 826. The monoisotopic (exact) mass is 328 g/mol. The van der Waals surface area contributed by atoms with Gasteiger partial charge in [0.1, 0.15) is 5.38 Å². The molecule has 4 nitrogen and oxygen atoms in total. The number of methoxy groups -OCH3 is 1. The third kappa shape index (κ3) is 2.55. The van der Waals surface area contributed by atoms with E-state index in [-0.39, 0.29) is 18.0 Å². The van der Waals surface area contributed by atoms with Gasteiger partial charge in [0.2, 0.25) is 0 Å². The Balaban J connectivity index is 2.09. The molecule has 0 N–H and O–H groups in total. The minimum absolute atomic E-state index is 0.124. The fraction of sp³-hybridized carbons (Fsp3) is 0.167. The van der Waals surface area contributed by atoms with Gasteiger partial charge in [-0.05, 0) is 5.56 Å². The third-order valence-corrected chi connectivity index (χ3v) is 4.23. The number of benzene rings is 2. The van der Waals surface area contributed by atoms with Crippen LogP contribution in [0.25, 0.3) is 0 Å². The molecule has 1 unspecified atom stereocenters. The number of carbonyl (C=O) groups is 3. The highest BCUT2D eigenvalue weighted by Crippen LogP contribution is 2.30. The van der Waals surface area contributed by atoms with E-state index in [0.717, 1.165) is 0 Å². The lowest BCUT2D eigenvalue weighted by Crippen LogP contribution is -2.25. The van der Waals surface area contributed by atoms with Crippen LogP contribution in [-0.2, 0) is 16.0 Å². The lowest BCUT2D eigenvalue weighted by molar-refractivity contribution is -0.140. The van der Waals surface area contributed by atoms with Crippen molar-refractivity contribution < 1.29 is 19.1 Å². The smallest absolute Gasteiger partial charge is 0.324 e. The normalized spacial score (nSPS) is 14.0. The van der Waals surface area contributed by atoms with Crippen molar-refractivity contribution in [2.45, 2.75) is 11.8 Å². The summed E-state index contributed by atoms with van der Waals surface area (Å²) in [6.45, 7) is 0. The van der Waals surface area contributed by atoms with Crippen molar-refractivity contribution in [2.75, 3.05) is 7.11 Å². The van der Waals surface area contributed by atoms with Crippen molar-refractivity contribution in [3.63, 3.8) is 0 Å². The van der Waals surface area contributed by atoms with Gasteiger partial charge in [0, 0.05) is 28.7 Å².